The van der Waals surface area contributed by atoms with Crippen molar-refractivity contribution in [1.82, 2.24) is 0 Å². The largest absolute Gasteiger partial charge is 0.465 e. The summed E-state index contributed by atoms with van der Waals surface area (Å²) in [6.07, 6.45) is 0. The smallest absolute Gasteiger partial charge is 0.346 e. The van der Waals surface area contributed by atoms with E-state index in [1.807, 2.05) is 121 Å². The van der Waals surface area contributed by atoms with Crippen LogP contribution in [0.2, 0.25) is 0 Å². The van der Waals surface area contributed by atoms with Gasteiger partial charge in [-0.15, -0.1) is 22.7 Å². The van der Waals surface area contributed by atoms with Crippen LogP contribution in [0.1, 0.15) is 41.6 Å². The molecular formula is C40H31BrN6O4S2. The molecule has 0 radical (unpaired) electrons. The summed E-state index contributed by atoms with van der Waals surface area (Å²) in [4.78, 5) is 30.1. The van der Waals surface area contributed by atoms with E-state index < -0.39 is 11.9 Å². The van der Waals surface area contributed by atoms with E-state index in [0.717, 1.165) is 56.4 Å². The van der Waals surface area contributed by atoms with Gasteiger partial charge in [0.15, 0.2) is 0 Å². The Hall–Kier alpha value is -6.38. The molecule has 13 heteroatoms. The second-order valence-corrected chi connectivity index (χ2v) is 13.2. The number of halogens is 1. The van der Waals surface area contributed by atoms with E-state index in [0.29, 0.717) is 29.9 Å². The van der Waals surface area contributed by atoms with Crippen molar-refractivity contribution in [3.63, 3.8) is 0 Å². The molecule has 2 aromatic heterocycles. The molecule has 6 aromatic rings. The Bertz CT molecular complexity index is 2180. The maximum Gasteiger partial charge on any atom is 0.346 e. The van der Waals surface area contributed by atoms with E-state index >= 15 is 0 Å². The molecule has 10 nitrogen and oxygen atoms in total. The fourth-order valence-electron chi connectivity index (χ4n) is 4.49. The standard InChI is InChI=1S/C20H15N3O2S.C13H12N2.C7H4BrNO2S/c1-21-19-16(13-17(26-19)20(24)25-2)22-23-18(14-9-5-3-6-10-14)15-11-7-4-8-12-15;14-15-13(11-7-3-1-4-8-11)12-9-5-2-6-10-12;1-9-6-4(8)3-5(12-6)7(10)11-2/h3-13,22H,2H3;1-10H,14H2;3H,2H3. The number of carbonyl (C=O) groups is 2. The number of benzene rings is 4. The highest BCUT2D eigenvalue weighted by molar-refractivity contribution is 9.10. The van der Waals surface area contributed by atoms with Crippen LogP contribution in [0, 0.1) is 13.1 Å². The van der Waals surface area contributed by atoms with Crippen LogP contribution in [-0.4, -0.2) is 37.6 Å². The zero-order valence-corrected chi connectivity index (χ0v) is 31.6. The number of nitrogens with one attached hydrogen (secondary N) is 1. The van der Waals surface area contributed by atoms with Crippen LogP contribution in [0.4, 0.5) is 15.7 Å². The summed E-state index contributed by atoms with van der Waals surface area (Å²) in [6.45, 7) is 14.1. The van der Waals surface area contributed by atoms with Gasteiger partial charge in [-0.25, -0.2) is 19.3 Å². The van der Waals surface area contributed by atoms with Crippen molar-refractivity contribution in [2.45, 2.75) is 0 Å². The van der Waals surface area contributed by atoms with E-state index in [1.165, 1.54) is 14.2 Å². The van der Waals surface area contributed by atoms with E-state index in [-0.39, 0.29) is 0 Å². The van der Waals surface area contributed by atoms with Crippen molar-refractivity contribution in [2.24, 2.45) is 16.0 Å². The van der Waals surface area contributed by atoms with E-state index in [9.17, 15) is 9.59 Å². The molecule has 53 heavy (non-hydrogen) atoms. The summed E-state index contributed by atoms with van der Waals surface area (Å²) >= 11 is 5.36. The summed E-state index contributed by atoms with van der Waals surface area (Å²) in [5.41, 5.74) is 8.93. The van der Waals surface area contributed by atoms with Crippen LogP contribution in [0.5, 0.6) is 0 Å². The fraction of sp³-hybridized carbons (Fsp3) is 0.0500. The number of esters is 2. The fourth-order valence-corrected chi connectivity index (χ4v) is 6.77. The summed E-state index contributed by atoms with van der Waals surface area (Å²) in [5, 5.41) is 9.19. The molecule has 6 rings (SSSR count). The molecular weight excluding hydrogens is 773 g/mol. The lowest BCUT2D eigenvalue weighted by atomic mass is 10.0. The Kier molecular flexibility index (Phi) is 15.2. The molecule has 264 valence electrons. The molecule has 0 aliphatic heterocycles. The van der Waals surface area contributed by atoms with E-state index in [4.69, 9.17) is 23.7 Å². The maximum absolute atomic E-state index is 11.7. The number of ether oxygens (including phenoxy) is 2. The monoisotopic (exact) mass is 802 g/mol. The van der Waals surface area contributed by atoms with E-state index in [1.54, 1.807) is 12.1 Å². The van der Waals surface area contributed by atoms with Crippen LogP contribution < -0.4 is 11.3 Å². The highest BCUT2D eigenvalue weighted by atomic mass is 79.9. The van der Waals surface area contributed by atoms with Gasteiger partial charge in [0.1, 0.15) is 9.75 Å². The normalized spacial score (nSPS) is 9.60. The predicted molar refractivity (Wildman–Crippen MR) is 216 cm³/mol. The predicted octanol–water partition coefficient (Wildman–Crippen LogP) is 10.2. The lowest BCUT2D eigenvalue weighted by Gasteiger charge is -2.08. The number of carbonyl (C=O) groups excluding carboxylic acids is 2. The van der Waals surface area contributed by atoms with Gasteiger partial charge in [0.25, 0.3) is 10.0 Å². The number of rotatable bonds is 8. The van der Waals surface area contributed by atoms with Crippen LogP contribution in [0.3, 0.4) is 0 Å². The molecule has 0 spiro atoms. The molecule has 0 amide bonds. The molecule has 4 aromatic carbocycles. The first-order valence-electron chi connectivity index (χ1n) is 15.5. The molecule has 0 saturated heterocycles. The highest BCUT2D eigenvalue weighted by Crippen LogP contribution is 2.36. The minimum atomic E-state index is -0.469. The molecule has 0 aliphatic carbocycles. The Morgan fingerprint density at radius 1 is 0.642 bits per heavy atom. The van der Waals surface area contributed by atoms with Crippen molar-refractivity contribution >= 4 is 77.7 Å². The first-order chi connectivity index (χ1) is 25.8. The summed E-state index contributed by atoms with van der Waals surface area (Å²) in [5.74, 6) is 4.55. The number of hydrazone groups is 2. The van der Waals surface area contributed by atoms with Crippen LogP contribution in [0.15, 0.2) is 148 Å². The summed E-state index contributed by atoms with van der Waals surface area (Å²) in [7, 11) is 2.63. The Balaban J connectivity index is 0.000000196. The number of hydrogen-bond acceptors (Lipinski definition) is 10. The number of nitrogens with zero attached hydrogens (tertiary/aromatic N) is 4. The van der Waals surface area contributed by atoms with Gasteiger partial charge in [-0.1, -0.05) is 137 Å². The van der Waals surface area contributed by atoms with Crippen LogP contribution in [-0.2, 0) is 9.47 Å². The summed E-state index contributed by atoms with van der Waals surface area (Å²) < 4.78 is 9.86. The number of hydrogen-bond donors (Lipinski definition) is 2. The third-order valence-electron chi connectivity index (χ3n) is 6.96. The average Bonchev–Trinajstić information content (AvgIpc) is 3.82. The number of thiophene rings is 2. The van der Waals surface area contributed by atoms with Gasteiger partial charge in [-0.05, 0) is 12.1 Å². The molecule has 0 atom stereocenters. The highest BCUT2D eigenvalue weighted by Gasteiger charge is 2.16. The van der Waals surface area contributed by atoms with Gasteiger partial charge in [0.05, 0.1) is 44.5 Å². The Labute approximate surface area is 323 Å². The van der Waals surface area contributed by atoms with Gasteiger partial charge in [-0.3, -0.25) is 5.43 Å². The SMILES string of the molecule is NN=C(c1ccccc1)c1ccccc1.[C-]#[N+]c1sc(C(=O)OC)cc1Br.[C-]#[N+]c1sc(C(=O)OC)cc1NN=C(c1ccccc1)c1ccccc1. The lowest BCUT2D eigenvalue weighted by molar-refractivity contribution is 0.0597. The minimum absolute atomic E-state index is 0.356. The number of nitrogens with two attached hydrogens (primary N) is 1. The Morgan fingerprint density at radius 2 is 1.02 bits per heavy atom. The van der Waals surface area contributed by atoms with Gasteiger partial charge < -0.3 is 15.3 Å². The van der Waals surface area contributed by atoms with Crippen molar-refractivity contribution < 1.29 is 19.1 Å². The maximum atomic E-state index is 11.7. The quantitative estimate of drug-likeness (QED) is 0.0519. The van der Waals surface area contributed by atoms with Gasteiger partial charge in [-0.2, -0.15) is 10.2 Å². The van der Waals surface area contributed by atoms with Gasteiger partial charge in [0.2, 0.25) is 0 Å². The number of methoxy groups -OCH3 is 2. The zero-order valence-electron chi connectivity index (χ0n) is 28.4. The van der Waals surface area contributed by atoms with Crippen molar-refractivity contribution in [1.29, 1.82) is 0 Å². The molecule has 0 aliphatic rings. The summed E-state index contributed by atoms with van der Waals surface area (Å²) in [6, 6.07) is 42.6. The van der Waals surface area contributed by atoms with Crippen molar-refractivity contribution in [3.05, 3.63) is 193 Å². The lowest BCUT2D eigenvalue weighted by Crippen LogP contribution is -2.06. The second-order valence-electron chi connectivity index (χ2n) is 10.3. The topological polar surface area (TPSA) is 124 Å². The molecule has 0 saturated carbocycles. The van der Waals surface area contributed by atoms with Crippen LogP contribution >= 0.6 is 38.6 Å². The molecule has 0 unspecified atom stereocenters. The van der Waals surface area contributed by atoms with Crippen molar-refractivity contribution in [2.75, 3.05) is 19.6 Å². The molecule has 2 heterocycles. The first-order valence-corrected chi connectivity index (χ1v) is 17.9. The first kappa shape index (κ1) is 39.4. The zero-order chi connectivity index (χ0) is 38.0. The molecule has 0 bridgehead atoms. The molecule has 3 N–H and O–H groups in total. The third-order valence-corrected chi connectivity index (χ3v) is 9.85. The van der Waals surface area contributed by atoms with Crippen molar-refractivity contribution in [3.8, 4) is 0 Å². The average molecular weight is 804 g/mol. The van der Waals surface area contributed by atoms with E-state index in [2.05, 4.69) is 46.0 Å². The molecule has 0 fully saturated rings. The van der Waals surface area contributed by atoms with Gasteiger partial charge >= 0.3 is 11.9 Å². The van der Waals surface area contributed by atoms with Crippen LogP contribution in [0.25, 0.3) is 9.69 Å². The van der Waals surface area contributed by atoms with Gasteiger partial charge in [0, 0.05) is 26.7 Å². The minimum Gasteiger partial charge on any atom is -0.465 e. The number of anilines is 1. The second kappa shape index (κ2) is 20.5. The third kappa shape index (κ3) is 11.1. The Morgan fingerprint density at radius 3 is 1.38 bits per heavy atom.